The summed E-state index contributed by atoms with van der Waals surface area (Å²) in [6.07, 6.45) is 21.3. The number of carbonyl (C=O) groups excluding carboxylic acids is 2. The summed E-state index contributed by atoms with van der Waals surface area (Å²) in [5.74, 6) is 0.888. The predicted molar refractivity (Wildman–Crippen MR) is 249 cm³/mol. The van der Waals surface area contributed by atoms with Crippen molar-refractivity contribution in [3.05, 3.63) is 55.9 Å². The maximum absolute atomic E-state index is 15.0. The minimum absolute atomic E-state index is 0.0187. The fourth-order valence-electron chi connectivity index (χ4n) is 8.34. The molecule has 2 unspecified atom stereocenters. The average molecular weight is 831 g/mol. The molecule has 304 valence electrons. The molecule has 6 heterocycles. The van der Waals surface area contributed by atoms with Crippen LogP contribution in [0.4, 0.5) is 11.4 Å². The zero-order chi connectivity index (χ0) is 39.6. The summed E-state index contributed by atoms with van der Waals surface area (Å²) < 4.78 is 0. The van der Waals surface area contributed by atoms with Crippen molar-refractivity contribution in [2.75, 3.05) is 22.9 Å². The number of hydrogen-bond donors (Lipinski definition) is 0. The molecule has 0 N–H and O–H groups in total. The lowest BCUT2D eigenvalue weighted by molar-refractivity contribution is -0.114. The largest absolute Gasteiger partial charge is 0.307 e. The van der Waals surface area contributed by atoms with E-state index >= 15 is 0 Å². The van der Waals surface area contributed by atoms with Gasteiger partial charge in [0, 0.05) is 42.4 Å². The second kappa shape index (κ2) is 20.9. The zero-order valence-corrected chi connectivity index (χ0v) is 38.4. The predicted octanol–water partition coefficient (Wildman–Crippen LogP) is 15.5. The molecule has 2 aliphatic heterocycles. The molecule has 0 saturated carbocycles. The molecule has 0 aromatic carbocycles. The highest BCUT2D eigenvalue weighted by atomic mass is 32.1. The van der Waals surface area contributed by atoms with Gasteiger partial charge in [0.1, 0.15) is 0 Å². The first-order chi connectivity index (χ1) is 27.3. The summed E-state index contributed by atoms with van der Waals surface area (Å²) in [6, 6.07) is 13.7. The molecule has 2 atom stereocenters. The van der Waals surface area contributed by atoms with Gasteiger partial charge in [-0.2, -0.15) is 0 Å². The van der Waals surface area contributed by atoms with Crippen LogP contribution in [0.25, 0.3) is 30.7 Å². The van der Waals surface area contributed by atoms with E-state index in [4.69, 9.17) is 0 Å². The first-order valence-electron chi connectivity index (χ1n) is 22.2. The van der Waals surface area contributed by atoms with E-state index in [9.17, 15) is 9.59 Å². The number of aryl methyl sites for hydroxylation is 2. The van der Waals surface area contributed by atoms with E-state index in [0.717, 1.165) is 72.5 Å². The molecule has 4 aromatic heterocycles. The van der Waals surface area contributed by atoms with Crippen molar-refractivity contribution >= 4 is 79.7 Å². The van der Waals surface area contributed by atoms with Gasteiger partial charge in [-0.15, -0.1) is 45.3 Å². The third-order valence-corrected chi connectivity index (χ3v) is 16.9. The van der Waals surface area contributed by atoms with Gasteiger partial charge in [0.2, 0.25) is 0 Å². The Bertz CT molecular complexity index is 1790. The van der Waals surface area contributed by atoms with Crippen molar-refractivity contribution in [2.45, 2.75) is 157 Å². The molecule has 0 saturated heterocycles. The molecule has 0 fully saturated rings. The number of amides is 2. The number of hydrogen-bond acceptors (Lipinski definition) is 6. The van der Waals surface area contributed by atoms with E-state index in [2.05, 4.69) is 87.7 Å². The van der Waals surface area contributed by atoms with Crippen LogP contribution in [0.2, 0.25) is 0 Å². The number of nitrogens with zero attached hydrogens (tertiary/aromatic N) is 2. The van der Waals surface area contributed by atoms with E-state index < -0.39 is 0 Å². The zero-order valence-electron chi connectivity index (χ0n) is 35.1. The number of anilines is 2. The second-order valence-electron chi connectivity index (χ2n) is 16.2. The van der Waals surface area contributed by atoms with Crippen LogP contribution in [-0.2, 0) is 22.4 Å². The highest BCUT2D eigenvalue weighted by Gasteiger charge is 2.45. The Morgan fingerprint density at radius 1 is 0.482 bits per heavy atom. The van der Waals surface area contributed by atoms with Crippen LogP contribution >= 0.6 is 45.3 Å². The van der Waals surface area contributed by atoms with Gasteiger partial charge in [-0.05, 0) is 86.8 Å². The van der Waals surface area contributed by atoms with Crippen molar-refractivity contribution in [1.29, 1.82) is 0 Å². The number of thiophene rings is 4. The lowest BCUT2D eigenvalue weighted by Gasteiger charge is -2.24. The third-order valence-electron chi connectivity index (χ3n) is 12.0. The minimum Gasteiger partial charge on any atom is -0.307 e. The van der Waals surface area contributed by atoms with Gasteiger partial charge in [-0.3, -0.25) is 9.59 Å². The maximum atomic E-state index is 15.0. The Balaban J connectivity index is 1.42. The normalized spacial score (nSPS) is 16.4. The Labute approximate surface area is 354 Å². The van der Waals surface area contributed by atoms with Crippen molar-refractivity contribution in [2.24, 2.45) is 11.8 Å². The molecule has 0 spiro atoms. The highest BCUT2D eigenvalue weighted by Crippen LogP contribution is 2.55. The Morgan fingerprint density at radius 2 is 0.893 bits per heavy atom. The molecule has 4 nitrogen and oxygen atoms in total. The van der Waals surface area contributed by atoms with Crippen LogP contribution in [0, 0.1) is 11.8 Å². The molecular formula is C48H66N2O2S4. The van der Waals surface area contributed by atoms with Gasteiger partial charge in [0.05, 0.1) is 32.3 Å². The molecule has 56 heavy (non-hydrogen) atoms. The molecule has 2 amide bonds. The molecule has 0 aliphatic carbocycles. The summed E-state index contributed by atoms with van der Waals surface area (Å²) in [7, 11) is 0. The van der Waals surface area contributed by atoms with Crippen molar-refractivity contribution < 1.29 is 9.59 Å². The quantitative estimate of drug-likeness (QED) is 0.0521. The van der Waals surface area contributed by atoms with Crippen LogP contribution in [0.5, 0.6) is 0 Å². The average Bonchev–Trinajstić information content (AvgIpc) is 4.06. The standard InChI is InChI=1S/C48H66N2O2S4/c1-7-13-17-19-23-35-25-27-39(53-35)41-29-37-45(55-41)43(47(51)49(37)31-33(11-5)21-15-9-3)44-46-38(50(48(44)52)32-34(12-6)22-16-10-4)30-42(56-46)40-28-26-36(54-40)24-20-18-14-8-2/h25-30,33-34H,7-24,31-32H2,1-6H3/b44-43-. The summed E-state index contributed by atoms with van der Waals surface area (Å²) in [6.45, 7) is 15.0. The fraction of sp³-hybridized carbons (Fsp3) is 0.583. The first-order valence-corrected chi connectivity index (χ1v) is 25.5. The molecule has 4 aromatic rings. The molecule has 8 heteroatoms. The van der Waals surface area contributed by atoms with Crippen LogP contribution < -0.4 is 9.80 Å². The van der Waals surface area contributed by atoms with Crippen molar-refractivity contribution in [3.63, 3.8) is 0 Å². The van der Waals surface area contributed by atoms with E-state index in [-0.39, 0.29) is 11.8 Å². The number of unbranched alkanes of at least 4 members (excludes halogenated alkanes) is 8. The molecular weight excluding hydrogens is 765 g/mol. The summed E-state index contributed by atoms with van der Waals surface area (Å²) >= 11 is 7.25. The molecule has 0 bridgehead atoms. The summed E-state index contributed by atoms with van der Waals surface area (Å²) in [5, 5.41) is 0. The van der Waals surface area contributed by atoms with E-state index in [1.165, 1.54) is 93.5 Å². The number of rotatable bonds is 24. The topological polar surface area (TPSA) is 40.6 Å². The maximum Gasteiger partial charge on any atom is 0.260 e. The van der Waals surface area contributed by atoms with E-state index in [1.807, 2.05) is 22.7 Å². The number of fused-ring (bicyclic) bond motifs is 2. The monoisotopic (exact) mass is 830 g/mol. The fourth-order valence-corrected chi connectivity index (χ4v) is 13.0. The first kappa shape index (κ1) is 43.1. The van der Waals surface area contributed by atoms with Gasteiger partial charge in [-0.25, -0.2) is 0 Å². The van der Waals surface area contributed by atoms with Crippen molar-refractivity contribution in [3.8, 4) is 19.5 Å². The Kier molecular flexibility index (Phi) is 16.1. The Morgan fingerprint density at radius 3 is 1.27 bits per heavy atom. The van der Waals surface area contributed by atoms with E-state index in [1.54, 1.807) is 22.7 Å². The smallest absolute Gasteiger partial charge is 0.260 e. The lowest BCUT2D eigenvalue weighted by atomic mass is 9.98. The van der Waals surface area contributed by atoms with Gasteiger partial charge >= 0.3 is 0 Å². The van der Waals surface area contributed by atoms with E-state index in [0.29, 0.717) is 36.1 Å². The SMILES string of the molecule is CCCCCCc1ccc(-c2cc3c(s2)/C(=C2/C(=O)N(CC(CC)CCCC)c4cc(-c5ccc(CCCCCC)s5)sc42)C(=O)N3CC(CC)CCCC)s1. The van der Waals surface area contributed by atoms with Crippen LogP contribution in [0.1, 0.15) is 164 Å². The lowest BCUT2D eigenvalue weighted by Crippen LogP contribution is -2.34. The highest BCUT2D eigenvalue weighted by molar-refractivity contribution is 7.24. The van der Waals surface area contributed by atoms with Gasteiger partial charge in [0.25, 0.3) is 11.8 Å². The third kappa shape index (κ3) is 9.84. The molecule has 0 radical (unpaired) electrons. The van der Waals surface area contributed by atoms with Crippen LogP contribution in [0.3, 0.4) is 0 Å². The molecule has 2 aliphatic rings. The summed E-state index contributed by atoms with van der Waals surface area (Å²) in [5.41, 5.74) is 3.31. The Hall–Kier alpha value is -2.52. The molecule has 6 rings (SSSR count). The van der Waals surface area contributed by atoms with Gasteiger partial charge < -0.3 is 9.80 Å². The summed E-state index contributed by atoms with van der Waals surface area (Å²) in [4.78, 5) is 43.9. The van der Waals surface area contributed by atoms with Crippen LogP contribution in [0.15, 0.2) is 36.4 Å². The van der Waals surface area contributed by atoms with Gasteiger partial charge in [-0.1, -0.05) is 119 Å². The van der Waals surface area contributed by atoms with Crippen molar-refractivity contribution in [1.82, 2.24) is 0 Å². The minimum atomic E-state index is 0.0187. The van der Waals surface area contributed by atoms with Crippen LogP contribution in [-0.4, -0.2) is 24.9 Å². The van der Waals surface area contributed by atoms with Gasteiger partial charge in [0.15, 0.2) is 0 Å². The second-order valence-corrected chi connectivity index (χ2v) is 20.7. The number of carbonyl (C=O) groups is 2.